The molecule has 0 aliphatic rings. The van der Waals surface area contributed by atoms with Crippen LogP contribution in [0.15, 0.2) is 54.7 Å². The lowest BCUT2D eigenvalue weighted by Gasteiger charge is -2.19. The summed E-state index contributed by atoms with van der Waals surface area (Å²) in [5.74, 6) is -0.925. The maximum Gasteiger partial charge on any atom is 0.337 e. The summed E-state index contributed by atoms with van der Waals surface area (Å²) < 4.78 is 0. The number of carboxylic acid groups (broad SMARTS) is 1. The highest BCUT2D eigenvalue weighted by Crippen LogP contribution is 2.24. The number of aromatic carboxylic acids is 1. The van der Waals surface area contributed by atoms with Gasteiger partial charge in [-0.15, -0.1) is 0 Å². The Kier molecular flexibility index (Phi) is 6.68. The van der Waals surface area contributed by atoms with Gasteiger partial charge in [0.15, 0.2) is 0 Å². The van der Waals surface area contributed by atoms with Crippen molar-refractivity contribution in [2.24, 2.45) is 0 Å². The van der Waals surface area contributed by atoms with Crippen LogP contribution < -0.4 is 10.6 Å². The van der Waals surface area contributed by atoms with Crippen molar-refractivity contribution in [2.45, 2.75) is 0 Å². The molecule has 0 atom stereocenters. The Labute approximate surface area is 169 Å². The van der Waals surface area contributed by atoms with E-state index in [2.05, 4.69) is 20.5 Å². The van der Waals surface area contributed by atoms with Gasteiger partial charge in [0.2, 0.25) is 0 Å². The number of hydrogen-bond acceptors (Lipinski definition) is 5. The van der Waals surface area contributed by atoms with Crippen LogP contribution in [0.3, 0.4) is 0 Å². The largest absolute Gasteiger partial charge is 0.478 e. The minimum atomic E-state index is -0.925. The van der Waals surface area contributed by atoms with Gasteiger partial charge >= 0.3 is 5.97 Å². The van der Waals surface area contributed by atoms with Gasteiger partial charge in [0.05, 0.1) is 11.1 Å². The first kappa shape index (κ1) is 19.9. The van der Waals surface area contributed by atoms with Gasteiger partial charge in [0, 0.05) is 54.2 Å². The Hall–Kier alpha value is -2.83. The summed E-state index contributed by atoms with van der Waals surface area (Å²) >= 11 is 6.03. The number of fused-ring (bicyclic) bond motifs is 1. The Morgan fingerprint density at radius 3 is 2.54 bits per heavy atom. The summed E-state index contributed by atoms with van der Waals surface area (Å²) in [4.78, 5) is 17.8. The Bertz CT molecular complexity index is 964. The van der Waals surface area contributed by atoms with Crippen molar-refractivity contribution in [3.63, 3.8) is 0 Å². The van der Waals surface area contributed by atoms with Crippen molar-refractivity contribution in [3.05, 3.63) is 65.3 Å². The lowest BCUT2D eigenvalue weighted by atomic mass is 10.2. The van der Waals surface area contributed by atoms with Crippen molar-refractivity contribution in [1.82, 2.24) is 9.88 Å². The second-order valence-corrected chi connectivity index (χ2v) is 6.96. The normalized spacial score (nSPS) is 11.0. The number of rotatable bonds is 9. The quantitative estimate of drug-likeness (QED) is 0.505. The number of carboxylic acids is 1. The van der Waals surface area contributed by atoms with Crippen LogP contribution in [0.25, 0.3) is 10.9 Å². The zero-order valence-electron chi connectivity index (χ0n) is 15.7. The van der Waals surface area contributed by atoms with Gasteiger partial charge in [0.1, 0.15) is 0 Å². The molecule has 3 rings (SSSR count). The van der Waals surface area contributed by atoms with E-state index < -0.39 is 5.97 Å². The van der Waals surface area contributed by atoms with E-state index in [0.29, 0.717) is 17.3 Å². The first-order valence-electron chi connectivity index (χ1n) is 9.07. The predicted octanol–water partition coefficient (Wildman–Crippen LogP) is 4.04. The van der Waals surface area contributed by atoms with E-state index in [-0.39, 0.29) is 5.56 Å². The molecule has 0 saturated heterocycles. The SMILES string of the molecule is CN(CCNc1ccccc1C(=O)O)CCNc1ccnc2cc(Cl)ccc12. The minimum absolute atomic E-state index is 0.288. The van der Waals surface area contributed by atoms with Gasteiger partial charge < -0.3 is 20.6 Å². The van der Waals surface area contributed by atoms with E-state index in [9.17, 15) is 9.90 Å². The molecule has 6 nitrogen and oxygen atoms in total. The lowest BCUT2D eigenvalue weighted by molar-refractivity contribution is 0.0698. The molecule has 2 aromatic carbocycles. The van der Waals surface area contributed by atoms with E-state index in [0.717, 1.165) is 36.2 Å². The van der Waals surface area contributed by atoms with E-state index in [1.807, 2.05) is 37.4 Å². The van der Waals surface area contributed by atoms with E-state index >= 15 is 0 Å². The third-order valence-electron chi connectivity index (χ3n) is 4.48. The van der Waals surface area contributed by atoms with Crippen molar-refractivity contribution in [3.8, 4) is 0 Å². The molecule has 0 aliphatic carbocycles. The highest BCUT2D eigenvalue weighted by molar-refractivity contribution is 6.31. The molecule has 7 heteroatoms. The van der Waals surface area contributed by atoms with Crippen molar-refractivity contribution >= 4 is 39.8 Å². The lowest BCUT2D eigenvalue weighted by Crippen LogP contribution is -2.30. The monoisotopic (exact) mass is 398 g/mol. The summed E-state index contributed by atoms with van der Waals surface area (Å²) in [5, 5.41) is 17.6. The Balaban J connectivity index is 1.47. The molecular formula is C21H23ClN4O2. The first-order valence-corrected chi connectivity index (χ1v) is 9.45. The molecule has 3 aromatic rings. The van der Waals surface area contributed by atoms with Crippen LogP contribution in [0.4, 0.5) is 11.4 Å². The van der Waals surface area contributed by atoms with E-state index in [4.69, 9.17) is 11.6 Å². The second kappa shape index (κ2) is 9.39. The fraction of sp³-hybridized carbons (Fsp3) is 0.238. The average molecular weight is 399 g/mol. The fourth-order valence-electron chi connectivity index (χ4n) is 2.97. The van der Waals surface area contributed by atoms with Gasteiger partial charge in [-0.2, -0.15) is 0 Å². The summed E-state index contributed by atoms with van der Waals surface area (Å²) in [6.07, 6.45) is 1.77. The number of hydrogen-bond donors (Lipinski definition) is 3. The number of para-hydroxylation sites is 1. The zero-order valence-corrected chi connectivity index (χ0v) is 16.4. The number of carbonyl (C=O) groups is 1. The maximum absolute atomic E-state index is 11.2. The number of aromatic nitrogens is 1. The number of halogens is 1. The summed E-state index contributed by atoms with van der Waals surface area (Å²) in [7, 11) is 2.04. The maximum atomic E-state index is 11.2. The number of nitrogens with one attached hydrogen (secondary N) is 2. The molecule has 28 heavy (non-hydrogen) atoms. The zero-order chi connectivity index (χ0) is 19.9. The third-order valence-corrected chi connectivity index (χ3v) is 4.72. The van der Waals surface area contributed by atoms with Gasteiger partial charge in [-0.05, 0) is 43.4 Å². The van der Waals surface area contributed by atoms with Crippen LogP contribution in [-0.2, 0) is 0 Å². The molecule has 0 amide bonds. The number of nitrogens with zero attached hydrogens (tertiary/aromatic N) is 2. The molecule has 3 N–H and O–H groups in total. The Morgan fingerprint density at radius 1 is 1.07 bits per heavy atom. The molecule has 0 radical (unpaired) electrons. The second-order valence-electron chi connectivity index (χ2n) is 6.53. The van der Waals surface area contributed by atoms with Crippen LogP contribution in [-0.4, -0.2) is 54.2 Å². The highest BCUT2D eigenvalue weighted by Gasteiger charge is 2.08. The number of likely N-dealkylation sites (N-methyl/N-ethyl adjacent to an activating group) is 1. The standard InChI is InChI=1S/C21H23ClN4O2/c1-26(12-10-24-18-5-3-2-4-17(18)21(27)28)13-11-25-19-8-9-23-20-14-15(22)6-7-16(19)20/h2-9,14,24H,10-13H2,1H3,(H,23,25)(H,27,28). The smallest absolute Gasteiger partial charge is 0.337 e. The van der Waals surface area contributed by atoms with Crippen LogP contribution in [0.1, 0.15) is 10.4 Å². The molecular weight excluding hydrogens is 376 g/mol. The molecule has 1 heterocycles. The van der Waals surface area contributed by atoms with Gasteiger partial charge in [-0.25, -0.2) is 4.79 Å². The molecule has 1 aromatic heterocycles. The topological polar surface area (TPSA) is 77.5 Å². The van der Waals surface area contributed by atoms with Crippen molar-refractivity contribution in [1.29, 1.82) is 0 Å². The van der Waals surface area contributed by atoms with Crippen LogP contribution >= 0.6 is 11.6 Å². The average Bonchev–Trinajstić information content (AvgIpc) is 2.68. The predicted molar refractivity (Wildman–Crippen MR) is 115 cm³/mol. The van der Waals surface area contributed by atoms with E-state index in [1.54, 1.807) is 24.4 Å². The van der Waals surface area contributed by atoms with Crippen molar-refractivity contribution in [2.75, 3.05) is 43.9 Å². The number of anilines is 2. The van der Waals surface area contributed by atoms with Crippen molar-refractivity contribution < 1.29 is 9.90 Å². The van der Waals surface area contributed by atoms with E-state index in [1.165, 1.54) is 0 Å². The highest BCUT2D eigenvalue weighted by atomic mass is 35.5. The third kappa shape index (κ3) is 5.12. The number of benzene rings is 2. The fourth-order valence-corrected chi connectivity index (χ4v) is 3.14. The molecule has 0 spiro atoms. The van der Waals surface area contributed by atoms with Gasteiger partial charge in [0.25, 0.3) is 0 Å². The molecule has 0 fully saturated rings. The first-order chi connectivity index (χ1) is 13.5. The van der Waals surface area contributed by atoms with Crippen LogP contribution in [0, 0.1) is 0 Å². The molecule has 0 aliphatic heterocycles. The molecule has 0 unspecified atom stereocenters. The van der Waals surface area contributed by atoms with Gasteiger partial charge in [-0.3, -0.25) is 4.98 Å². The molecule has 146 valence electrons. The number of pyridine rings is 1. The van der Waals surface area contributed by atoms with Gasteiger partial charge in [-0.1, -0.05) is 23.7 Å². The summed E-state index contributed by atoms with van der Waals surface area (Å²) in [5.41, 5.74) is 2.83. The summed E-state index contributed by atoms with van der Waals surface area (Å²) in [6.45, 7) is 3.09. The minimum Gasteiger partial charge on any atom is -0.478 e. The molecule has 0 saturated carbocycles. The summed E-state index contributed by atoms with van der Waals surface area (Å²) in [6, 6.07) is 14.6. The van der Waals surface area contributed by atoms with Crippen LogP contribution in [0.5, 0.6) is 0 Å². The molecule has 0 bridgehead atoms. The Morgan fingerprint density at radius 2 is 1.79 bits per heavy atom. The van der Waals surface area contributed by atoms with Crippen LogP contribution in [0.2, 0.25) is 5.02 Å².